The van der Waals surface area contributed by atoms with E-state index in [1.807, 2.05) is 37.3 Å². The Hall–Kier alpha value is -2.79. The largest absolute Gasteiger partial charge is 0.381 e. The van der Waals surface area contributed by atoms with Gasteiger partial charge in [-0.3, -0.25) is 9.59 Å². The van der Waals surface area contributed by atoms with Gasteiger partial charge in [-0.25, -0.2) is 0 Å². The molecule has 1 aliphatic heterocycles. The van der Waals surface area contributed by atoms with E-state index in [0.29, 0.717) is 17.1 Å². The molecule has 25 heavy (non-hydrogen) atoms. The summed E-state index contributed by atoms with van der Waals surface area (Å²) in [5.41, 5.74) is 3.93. The molecule has 0 saturated carbocycles. The summed E-state index contributed by atoms with van der Waals surface area (Å²) in [6.45, 7) is 2.26. The van der Waals surface area contributed by atoms with E-state index in [-0.39, 0.29) is 17.4 Å². The first-order chi connectivity index (χ1) is 12.0. The number of hydrogen-bond donors (Lipinski definition) is 3. The Balaban J connectivity index is 1.60. The number of nitrogens with one attached hydrogen (secondary N) is 3. The minimum atomic E-state index is -0.164. The van der Waals surface area contributed by atoms with Gasteiger partial charge in [0.05, 0.1) is 5.92 Å². The second-order valence-electron chi connectivity index (χ2n) is 6.22. The van der Waals surface area contributed by atoms with E-state index in [2.05, 4.69) is 15.6 Å². The van der Waals surface area contributed by atoms with Crippen molar-refractivity contribution in [1.29, 1.82) is 0 Å². The zero-order chi connectivity index (χ0) is 17.6. The number of rotatable bonds is 3. The zero-order valence-electron chi connectivity index (χ0n) is 13.5. The molecule has 3 aromatic rings. The van der Waals surface area contributed by atoms with Crippen LogP contribution in [0, 0.1) is 0 Å². The van der Waals surface area contributed by atoms with E-state index in [0.717, 1.165) is 27.8 Å². The summed E-state index contributed by atoms with van der Waals surface area (Å²) in [5.74, 6) is -0.155. The van der Waals surface area contributed by atoms with Crippen molar-refractivity contribution in [2.24, 2.45) is 0 Å². The lowest BCUT2D eigenvalue weighted by Crippen LogP contribution is -2.15. The number of benzene rings is 2. The lowest BCUT2D eigenvalue weighted by atomic mass is 10.0. The van der Waals surface area contributed by atoms with Gasteiger partial charge in [0.1, 0.15) is 0 Å². The van der Waals surface area contributed by atoms with Crippen LogP contribution in [0.25, 0.3) is 10.9 Å². The second kappa shape index (κ2) is 5.93. The Morgan fingerprint density at radius 3 is 2.80 bits per heavy atom. The van der Waals surface area contributed by atoms with Crippen LogP contribution in [0.3, 0.4) is 0 Å². The molecular weight excluding hydrogens is 338 g/mol. The van der Waals surface area contributed by atoms with Crippen LogP contribution < -0.4 is 16.2 Å². The Morgan fingerprint density at radius 2 is 1.96 bits per heavy atom. The SMILES string of the molecule is C[C@H]1C(=O)Nc2ccc(NCc3cc4cc(Cl)ccc4[nH]c3=O)cc21. The standard InChI is InChI=1S/C19H16ClN3O2/c1-10-15-8-14(3-5-17(15)23-18(10)24)21-9-12-6-11-7-13(20)2-4-16(11)22-19(12)25/h2-8,10,21H,9H2,1H3,(H,22,25)(H,23,24)/t10-/m1/s1. The molecule has 5 nitrogen and oxygen atoms in total. The van der Waals surface area contributed by atoms with Crippen LogP contribution in [0.1, 0.15) is 24.0 Å². The summed E-state index contributed by atoms with van der Waals surface area (Å²) in [5, 5.41) is 7.62. The maximum Gasteiger partial charge on any atom is 0.253 e. The number of H-pyrrole nitrogens is 1. The average molecular weight is 354 g/mol. The smallest absolute Gasteiger partial charge is 0.253 e. The summed E-state index contributed by atoms with van der Waals surface area (Å²) in [6.07, 6.45) is 0. The fourth-order valence-corrected chi connectivity index (χ4v) is 3.26. The van der Waals surface area contributed by atoms with Gasteiger partial charge in [-0.1, -0.05) is 11.6 Å². The van der Waals surface area contributed by atoms with Gasteiger partial charge in [0, 0.05) is 39.4 Å². The Labute approximate surface area is 149 Å². The number of aromatic amines is 1. The molecule has 0 saturated heterocycles. The summed E-state index contributed by atoms with van der Waals surface area (Å²) >= 11 is 6.02. The highest BCUT2D eigenvalue weighted by Crippen LogP contribution is 2.34. The monoisotopic (exact) mass is 353 g/mol. The highest BCUT2D eigenvalue weighted by Gasteiger charge is 2.26. The first-order valence-electron chi connectivity index (χ1n) is 8.01. The first-order valence-corrected chi connectivity index (χ1v) is 8.39. The van der Waals surface area contributed by atoms with Gasteiger partial charge >= 0.3 is 0 Å². The molecule has 126 valence electrons. The number of hydrogen-bond acceptors (Lipinski definition) is 3. The molecule has 1 aliphatic rings. The quantitative estimate of drug-likeness (QED) is 0.669. The highest BCUT2D eigenvalue weighted by molar-refractivity contribution is 6.31. The van der Waals surface area contributed by atoms with Crippen molar-refractivity contribution in [1.82, 2.24) is 4.98 Å². The number of halogens is 1. The molecule has 2 heterocycles. The van der Waals surface area contributed by atoms with Crippen LogP contribution in [0.15, 0.2) is 47.3 Å². The van der Waals surface area contributed by atoms with Crippen molar-refractivity contribution < 1.29 is 4.79 Å². The summed E-state index contributed by atoms with van der Waals surface area (Å²) in [7, 11) is 0. The minimum absolute atomic E-state index is 0.00926. The second-order valence-corrected chi connectivity index (χ2v) is 6.66. The predicted molar refractivity (Wildman–Crippen MR) is 100 cm³/mol. The Morgan fingerprint density at radius 1 is 1.12 bits per heavy atom. The number of fused-ring (bicyclic) bond motifs is 2. The third kappa shape index (κ3) is 2.87. The maximum atomic E-state index is 12.2. The van der Waals surface area contributed by atoms with Gasteiger partial charge in [0.15, 0.2) is 0 Å². The van der Waals surface area contributed by atoms with Gasteiger partial charge in [-0.2, -0.15) is 0 Å². The van der Waals surface area contributed by atoms with E-state index >= 15 is 0 Å². The number of pyridine rings is 1. The molecule has 0 bridgehead atoms. The van der Waals surface area contributed by atoms with E-state index in [1.54, 1.807) is 12.1 Å². The molecule has 4 rings (SSSR count). The van der Waals surface area contributed by atoms with Crippen molar-refractivity contribution in [2.45, 2.75) is 19.4 Å². The number of carbonyl (C=O) groups excluding carboxylic acids is 1. The zero-order valence-corrected chi connectivity index (χ0v) is 14.3. The number of anilines is 2. The lowest BCUT2D eigenvalue weighted by molar-refractivity contribution is -0.116. The predicted octanol–water partition coefficient (Wildman–Crippen LogP) is 3.85. The van der Waals surface area contributed by atoms with Gasteiger partial charge in [0.25, 0.3) is 5.56 Å². The molecule has 1 aromatic heterocycles. The van der Waals surface area contributed by atoms with Crippen molar-refractivity contribution in [3.05, 3.63) is 69.0 Å². The molecule has 3 N–H and O–H groups in total. The Kier molecular flexibility index (Phi) is 3.73. The van der Waals surface area contributed by atoms with Crippen LogP contribution in [0.4, 0.5) is 11.4 Å². The maximum absolute atomic E-state index is 12.2. The van der Waals surface area contributed by atoms with Crippen LogP contribution in [-0.2, 0) is 11.3 Å². The summed E-state index contributed by atoms with van der Waals surface area (Å²) < 4.78 is 0. The lowest BCUT2D eigenvalue weighted by Gasteiger charge is -2.10. The van der Waals surface area contributed by atoms with Crippen LogP contribution in [0.2, 0.25) is 5.02 Å². The molecule has 1 atom stereocenters. The molecular formula is C19H16ClN3O2. The van der Waals surface area contributed by atoms with Crippen molar-refractivity contribution in [3.63, 3.8) is 0 Å². The van der Waals surface area contributed by atoms with Gasteiger partial charge in [0.2, 0.25) is 5.91 Å². The molecule has 6 heteroatoms. The van der Waals surface area contributed by atoms with E-state index in [9.17, 15) is 9.59 Å². The number of amides is 1. The minimum Gasteiger partial charge on any atom is -0.381 e. The van der Waals surface area contributed by atoms with E-state index in [4.69, 9.17) is 11.6 Å². The molecule has 1 amide bonds. The van der Waals surface area contributed by atoms with Crippen molar-refractivity contribution in [2.75, 3.05) is 10.6 Å². The number of aromatic nitrogens is 1. The molecule has 0 fully saturated rings. The van der Waals surface area contributed by atoms with Gasteiger partial charge < -0.3 is 15.6 Å². The van der Waals surface area contributed by atoms with E-state index in [1.165, 1.54) is 0 Å². The average Bonchev–Trinajstić information content (AvgIpc) is 2.87. The highest BCUT2D eigenvalue weighted by atomic mass is 35.5. The fourth-order valence-electron chi connectivity index (χ4n) is 3.08. The van der Waals surface area contributed by atoms with E-state index < -0.39 is 0 Å². The molecule has 2 aromatic carbocycles. The summed E-state index contributed by atoms with van der Waals surface area (Å²) in [4.78, 5) is 26.8. The third-order valence-corrected chi connectivity index (χ3v) is 4.77. The Bertz CT molecular complexity index is 1060. The summed E-state index contributed by atoms with van der Waals surface area (Å²) in [6, 6.07) is 12.9. The molecule has 0 radical (unpaired) electrons. The normalized spacial score (nSPS) is 15.9. The molecule has 0 spiro atoms. The van der Waals surface area contributed by atoms with Crippen LogP contribution in [0.5, 0.6) is 0 Å². The molecule has 0 aliphatic carbocycles. The van der Waals surface area contributed by atoms with Crippen molar-refractivity contribution >= 4 is 39.8 Å². The fraction of sp³-hybridized carbons (Fsp3) is 0.158. The number of carbonyl (C=O) groups is 1. The third-order valence-electron chi connectivity index (χ3n) is 4.54. The van der Waals surface area contributed by atoms with Crippen LogP contribution in [-0.4, -0.2) is 10.9 Å². The first kappa shape index (κ1) is 15.7. The van der Waals surface area contributed by atoms with Gasteiger partial charge in [-0.15, -0.1) is 0 Å². The van der Waals surface area contributed by atoms with Crippen molar-refractivity contribution in [3.8, 4) is 0 Å². The van der Waals surface area contributed by atoms with Crippen LogP contribution >= 0.6 is 11.6 Å². The topological polar surface area (TPSA) is 74.0 Å². The van der Waals surface area contributed by atoms with Gasteiger partial charge in [-0.05, 0) is 55.0 Å². The molecule has 0 unspecified atom stereocenters.